The average molecular weight is 456 g/mol. The first-order valence-corrected chi connectivity index (χ1v) is 12.9. The minimum Gasteiger partial charge on any atom is -0.493 e. The SMILES string of the molecule is O=C(O)CC1CCCN1C(=O)c1cc(C2CC2)c(OCC23CC4CC(CC(C4)C2)C3)cc1F. The monoisotopic (exact) mass is 455 g/mol. The molecule has 1 aromatic carbocycles. The zero-order valence-electron chi connectivity index (χ0n) is 19.2. The van der Waals surface area contributed by atoms with E-state index >= 15 is 4.39 Å². The summed E-state index contributed by atoms with van der Waals surface area (Å²) in [7, 11) is 0. The number of likely N-dealkylation sites (tertiary alicyclic amines) is 1. The molecule has 1 aliphatic heterocycles. The predicted molar refractivity (Wildman–Crippen MR) is 121 cm³/mol. The molecule has 1 saturated heterocycles. The summed E-state index contributed by atoms with van der Waals surface area (Å²) < 4.78 is 21.6. The lowest BCUT2D eigenvalue weighted by molar-refractivity contribution is -0.137. The first-order valence-electron chi connectivity index (χ1n) is 12.9. The van der Waals surface area contributed by atoms with Gasteiger partial charge in [0.1, 0.15) is 11.6 Å². The molecule has 4 bridgehead atoms. The number of halogens is 1. The van der Waals surface area contributed by atoms with Crippen molar-refractivity contribution in [3.05, 3.63) is 29.1 Å². The van der Waals surface area contributed by atoms with E-state index in [4.69, 9.17) is 4.74 Å². The van der Waals surface area contributed by atoms with Gasteiger partial charge in [0, 0.05) is 24.1 Å². The van der Waals surface area contributed by atoms with Crippen molar-refractivity contribution < 1.29 is 23.8 Å². The van der Waals surface area contributed by atoms with E-state index in [9.17, 15) is 14.7 Å². The molecule has 178 valence electrons. The molecule has 1 heterocycles. The van der Waals surface area contributed by atoms with E-state index in [1.807, 2.05) is 0 Å². The molecule has 6 heteroatoms. The van der Waals surface area contributed by atoms with Gasteiger partial charge in [0.25, 0.3) is 5.91 Å². The number of carbonyl (C=O) groups is 2. The summed E-state index contributed by atoms with van der Waals surface area (Å²) in [5.41, 5.74) is 1.27. The molecule has 7 rings (SSSR count). The summed E-state index contributed by atoms with van der Waals surface area (Å²) in [5.74, 6) is 1.63. The smallest absolute Gasteiger partial charge is 0.305 e. The van der Waals surface area contributed by atoms with Crippen molar-refractivity contribution in [3.8, 4) is 5.75 Å². The predicted octanol–water partition coefficient (Wildman–Crippen LogP) is 5.38. The number of nitrogens with zero attached hydrogens (tertiary/aromatic N) is 1. The van der Waals surface area contributed by atoms with Gasteiger partial charge in [0.2, 0.25) is 0 Å². The zero-order valence-corrected chi connectivity index (χ0v) is 19.2. The van der Waals surface area contributed by atoms with Gasteiger partial charge >= 0.3 is 5.97 Å². The fourth-order valence-corrected chi connectivity index (χ4v) is 7.94. The largest absolute Gasteiger partial charge is 0.493 e. The van der Waals surface area contributed by atoms with Crippen LogP contribution in [-0.2, 0) is 4.79 Å². The number of rotatable bonds is 7. The van der Waals surface area contributed by atoms with E-state index in [-0.39, 0.29) is 29.3 Å². The van der Waals surface area contributed by atoms with E-state index in [1.54, 1.807) is 11.0 Å². The Kier molecular flexibility index (Phi) is 5.19. The molecule has 33 heavy (non-hydrogen) atoms. The average Bonchev–Trinajstić information content (AvgIpc) is 3.49. The Bertz CT molecular complexity index is 936. The maximum atomic E-state index is 15.2. The van der Waals surface area contributed by atoms with Crippen molar-refractivity contribution in [1.82, 2.24) is 4.90 Å². The highest BCUT2D eigenvalue weighted by molar-refractivity contribution is 5.95. The summed E-state index contributed by atoms with van der Waals surface area (Å²) in [4.78, 5) is 26.0. The van der Waals surface area contributed by atoms with Gasteiger partial charge in [0.15, 0.2) is 0 Å². The van der Waals surface area contributed by atoms with Gasteiger partial charge in [-0.05, 0) is 99.5 Å². The molecule has 5 saturated carbocycles. The first kappa shape index (κ1) is 21.4. The quantitative estimate of drug-likeness (QED) is 0.600. The molecular formula is C27H34FNO4. The minimum absolute atomic E-state index is 0.0661. The summed E-state index contributed by atoms with van der Waals surface area (Å²) >= 11 is 0. The number of hydrogen-bond donors (Lipinski definition) is 1. The summed E-state index contributed by atoms with van der Waals surface area (Å²) in [6.07, 6.45) is 11.3. The maximum Gasteiger partial charge on any atom is 0.305 e. The van der Waals surface area contributed by atoms with Gasteiger partial charge in [-0.3, -0.25) is 9.59 Å². The van der Waals surface area contributed by atoms with Gasteiger partial charge < -0.3 is 14.7 Å². The van der Waals surface area contributed by atoms with Crippen LogP contribution in [0.15, 0.2) is 12.1 Å². The number of hydrogen-bond acceptors (Lipinski definition) is 3. The molecule has 5 aliphatic carbocycles. The number of ether oxygens (including phenoxy) is 1. The molecular weight excluding hydrogens is 421 g/mol. The standard InChI is InChI=1S/C27H34FNO4/c28-23-11-24(33-15-27-12-16-6-17(13-27)8-18(7-16)14-27)21(19-3-4-19)10-22(23)26(32)29-5-1-2-20(29)9-25(30)31/h10-11,16-20H,1-9,12-15H2,(H,30,31). The molecule has 6 aliphatic rings. The van der Waals surface area contributed by atoms with Crippen LogP contribution in [0.1, 0.15) is 92.5 Å². The molecule has 1 atom stereocenters. The number of amides is 1. The van der Waals surface area contributed by atoms with E-state index < -0.39 is 11.8 Å². The Labute approximate surface area is 194 Å². The van der Waals surface area contributed by atoms with E-state index in [2.05, 4.69) is 0 Å². The van der Waals surface area contributed by atoms with Gasteiger partial charge in [-0.1, -0.05) is 0 Å². The Morgan fingerprint density at radius 2 is 1.73 bits per heavy atom. The van der Waals surface area contributed by atoms with Gasteiger partial charge in [0.05, 0.1) is 18.6 Å². The second-order valence-corrected chi connectivity index (χ2v) is 11.7. The Balaban J connectivity index is 1.22. The third-order valence-electron chi connectivity index (χ3n) is 9.09. The maximum absolute atomic E-state index is 15.2. The first-order chi connectivity index (χ1) is 15.9. The van der Waals surface area contributed by atoms with Crippen molar-refractivity contribution in [2.45, 2.75) is 82.6 Å². The van der Waals surface area contributed by atoms with E-state index in [0.717, 1.165) is 42.6 Å². The van der Waals surface area contributed by atoms with Gasteiger partial charge in [-0.2, -0.15) is 0 Å². The normalized spacial score (nSPS) is 34.6. The number of carboxylic acids is 1. The van der Waals surface area contributed by atoms with Crippen LogP contribution in [0.4, 0.5) is 4.39 Å². The van der Waals surface area contributed by atoms with Crippen LogP contribution in [0.3, 0.4) is 0 Å². The highest BCUT2D eigenvalue weighted by atomic mass is 19.1. The van der Waals surface area contributed by atoms with Crippen molar-refractivity contribution in [3.63, 3.8) is 0 Å². The number of carboxylic acid groups (broad SMARTS) is 1. The Morgan fingerprint density at radius 1 is 1.06 bits per heavy atom. The van der Waals surface area contributed by atoms with Crippen LogP contribution in [0.2, 0.25) is 0 Å². The van der Waals surface area contributed by atoms with Crippen molar-refractivity contribution in [2.75, 3.05) is 13.2 Å². The lowest BCUT2D eigenvalue weighted by Crippen LogP contribution is -2.48. The second-order valence-electron chi connectivity index (χ2n) is 11.7. The van der Waals surface area contributed by atoms with Crippen molar-refractivity contribution >= 4 is 11.9 Å². The number of carbonyl (C=O) groups excluding carboxylic acids is 1. The van der Waals surface area contributed by atoms with Gasteiger partial charge in [-0.15, -0.1) is 0 Å². The zero-order chi connectivity index (χ0) is 22.7. The lowest BCUT2D eigenvalue weighted by Gasteiger charge is -2.56. The molecule has 1 unspecified atom stereocenters. The topological polar surface area (TPSA) is 66.8 Å². The molecule has 1 aromatic rings. The van der Waals surface area contributed by atoms with Crippen LogP contribution in [0, 0.1) is 29.0 Å². The molecule has 0 spiro atoms. The molecule has 6 fully saturated rings. The fourth-order valence-electron chi connectivity index (χ4n) is 7.94. The Morgan fingerprint density at radius 3 is 2.33 bits per heavy atom. The highest BCUT2D eigenvalue weighted by Gasteiger charge is 2.51. The summed E-state index contributed by atoms with van der Waals surface area (Å²) in [6.45, 7) is 1.15. The lowest BCUT2D eigenvalue weighted by atomic mass is 9.50. The van der Waals surface area contributed by atoms with Crippen LogP contribution in [0.5, 0.6) is 5.75 Å². The summed E-state index contributed by atoms with van der Waals surface area (Å²) in [5, 5.41) is 9.18. The number of aliphatic carboxylic acids is 1. The third-order valence-corrected chi connectivity index (χ3v) is 9.09. The molecule has 0 radical (unpaired) electrons. The van der Waals surface area contributed by atoms with Crippen LogP contribution in [-0.4, -0.2) is 41.1 Å². The summed E-state index contributed by atoms with van der Waals surface area (Å²) in [6, 6.07) is 2.79. The highest BCUT2D eigenvalue weighted by Crippen LogP contribution is 2.60. The minimum atomic E-state index is -0.924. The molecule has 1 amide bonds. The number of benzene rings is 1. The molecule has 0 aromatic heterocycles. The molecule has 5 nitrogen and oxygen atoms in total. The second kappa shape index (κ2) is 7.99. The fraction of sp³-hybridized carbons (Fsp3) is 0.704. The van der Waals surface area contributed by atoms with Crippen LogP contribution in [0.25, 0.3) is 0 Å². The van der Waals surface area contributed by atoms with E-state index in [1.165, 1.54) is 44.6 Å². The third kappa shape index (κ3) is 4.04. The van der Waals surface area contributed by atoms with Crippen molar-refractivity contribution in [2.24, 2.45) is 23.2 Å². The molecule has 1 N–H and O–H groups in total. The van der Waals surface area contributed by atoms with Crippen LogP contribution < -0.4 is 4.74 Å². The Hall–Kier alpha value is -2.11. The van der Waals surface area contributed by atoms with Crippen molar-refractivity contribution in [1.29, 1.82) is 0 Å². The van der Waals surface area contributed by atoms with Crippen LogP contribution >= 0.6 is 0 Å². The van der Waals surface area contributed by atoms with Gasteiger partial charge in [-0.25, -0.2) is 4.39 Å². The van der Waals surface area contributed by atoms with E-state index in [0.29, 0.717) is 31.2 Å².